The molecule has 19 heavy (non-hydrogen) atoms. The first-order valence-corrected chi connectivity index (χ1v) is 8.82. The third kappa shape index (κ3) is 3.61. The molecule has 1 heterocycles. The summed E-state index contributed by atoms with van der Waals surface area (Å²) in [4.78, 5) is 1.60. The highest BCUT2D eigenvalue weighted by molar-refractivity contribution is 9.10. The largest absolute Gasteiger partial charge is 0.492 e. The molecule has 1 aromatic carbocycles. The highest BCUT2D eigenvalue weighted by Gasteiger charge is 2.15. The predicted octanol–water partition coefficient (Wildman–Crippen LogP) is 6.09. The minimum absolute atomic E-state index is 0.240. The van der Waals surface area contributed by atoms with Gasteiger partial charge in [0.15, 0.2) is 0 Å². The normalized spacial score (nSPS) is 12.4. The first-order valence-electron chi connectivity index (χ1n) is 6.23. The van der Waals surface area contributed by atoms with Crippen molar-refractivity contribution in [1.29, 1.82) is 0 Å². The van der Waals surface area contributed by atoms with Gasteiger partial charge in [-0.25, -0.2) is 0 Å². The number of halogens is 2. The van der Waals surface area contributed by atoms with Gasteiger partial charge in [0.1, 0.15) is 5.75 Å². The fourth-order valence-electron chi connectivity index (χ4n) is 1.80. The maximum Gasteiger partial charge on any atom is 0.133 e. The van der Waals surface area contributed by atoms with Crippen LogP contribution in [0.4, 0.5) is 0 Å². The van der Waals surface area contributed by atoms with Gasteiger partial charge in [-0.15, -0.1) is 11.3 Å². The van der Waals surface area contributed by atoms with Crippen molar-refractivity contribution in [2.75, 3.05) is 6.61 Å². The first-order chi connectivity index (χ1) is 9.13. The lowest BCUT2D eigenvalue weighted by Crippen LogP contribution is -1.97. The Kier molecular flexibility index (Phi) is 5.48. The molecule has 0 saturated carbocycles. The van der Waals surface area contributed by atoms with Crippen molar-refractivity contribution < 1.29 is 4.74 Å². The lowest BCUT2D eigenvalue weighted by molar-refractivity contribution is 0.315. The number of hydrogen-bond acceptors (Lipinski definition) is 2. The molecule has 0 radical (unpaired) electrons. The van der Waals surface area contributed by atoms with E-state index in [1.54, 1.807) is 11.3 Å². The molecular weight excluding hydrogens is 388 g/mol. The Morgan fingerprint density at radius 1 is 1.32 bits per heavy atom. The van der Waals surface area contributed by atoms with Crippen molar-refractivity contribution in [3.63, 3.8) is 0 Å². The first kappa shape index (κ1) is 15.1. The van der Waals surface area contributed by atoms with Crippen LogP contribution in [0.2, 0.25) is 0 Å². The van der Waals surface area contributed by atoms with Crippen LogP contribution >= 0.6 is 43.2 Å². The molecule has 1 unspecified atom stereocenters. The number of rotatable bonds is 5. The molecule has 0 saturated heterocycles. The van der Waals surface area contributed by atoms with Gasteiger partial charge < -0.3 is 4.74 Å². The minimum Gasteiger partial charge on any atom is -0.492 e. The van der Waals surface area contributed by atoms with Crippen molar-refractivity contribution in [1.82, 2.24) is 0 Å². The Morgan fingerprint density at radius 2 is 2.11 bits per heavy atom. The molecule has 4 heteroatoms. The zero-order valence-electron chi connectivity index (χ0n) is 11.0. The van der Waals surface area contributed by atoms with Crippen molar-refractivity contribution in [2.24, 2.45) is 0 Å². The quantitative estimate of drug-likeness (QED) is 0.548. The Labute approximate surface area is 135 Å². The molecular formula is C15H16Br2OS. The minimum atomic E-state index is 0.240. The molecule has 0 bridgehead atoms. The topological polar surface area (TPSA) is 9.23 Å². The molecule has 0 aliphatic carbocycles. The van der Waals surface area contributed by atoms with E-state index in [-0.39, 0.29) is 4.83 Å². The molecule has 0 fully saturated rings. The van der Waals surface area contributed by atoms with Crippen LogP contribution in [0.1, 0.15) is 34.2 Å². The van der Waals surface area contributed by atoms with Gasteiger partial charge in [0.2, 0.25) is 0 Å². The van der Waals surface area contributed by atoms with Gasteiger partial charge in [0.05, 0.1) is 15.9 Å². The summed E-state index contributed by atoms with van der Waals surface area (Å²) in [7, 11) is 0. The van der Waals surface area contributed by atoms with E-state index in [4.69, 9.17) is 4.74 Å². The zero-order valence-corrected chi connectivity index (χ0v) is 14.9. The van der Waals surface area contributed by atoms with E-state index in [0.29, 0.717) is 0 Å². The number of alkyl halides is 1. The van der Waals surface area contributed by atoms with Crippen molar-refractivity contribution in [3.8, 4) is 5.75 Å². The highest BCUT2D eigenvalue weighted by atomic mass is 79.9. The summed E-state index contributed by atoms with van der Waals surface area (Å²) < 4.78 is 6.69. The number of hydrogen-bond donors (Lipinski definition) is 0. The average Bonchev–Trinajstić information content (AvgIpc) is 2.82. The van der Waals surface area contributed by atoms with Crippen molar-refractivity contribution in [2.45, 2.75) is 25.1 Å². The van der Waals surface area contributed by atoms with Crippen LogP contribution in [0, 0.1) is 6.92 Å². The van der Waals surface area contributed by atoms with Crippen molar-refractivity contribution >= 4 is 43.2 Å². The van der Waals surface area contributed by atoms with Gasteiger partial charge in [0.25, 0.3) is 0 Å². The molecule has 0 aliphatic rings. The van der Waals surface area contributed by atoms with E-state index in [9.17, 15) is 0 Å². The molecule has 1 nitrogen and oxygen atoms in total. The molecule has 102 valence electrons. The fraction of sp³-hybridized carbons (Fsp3) is 0.333. The summed E-state index contributed by atoms with van der Waals surface area (Å²) >= 11 is 9.15. The van der Waals surface area contributed by atoms with E-state index in [1.165, 1.54) is 16.0 Å². The number of ether oxygens (including phenoxy) is 1. The molecule has 0 spiro atoms. The Morgan fingerprint density at radius 3 is 2.68 bits per heavy atom. The van der Waals surface area contributed by atoms with Gasteiger partial charge in [0, 0.05) is 4.88 Å². The second-order valence-corrected chi connectivity index (χ2v) is 7.09. The lowest BCUT2D eigenvalue weighted by atomic mass is 10.1. The monoisotopic (exact) mass is 402 g/mol. The highest BCUT2D eigenvalue weighted by Crippen LogP contribution is 2.38. The summed E-state index contributed by atoms with van der Waals surface area (Å²) in [6.07, 6.45) is 1.02. The molecule has 2 rings (SSSR count). The Bertz CT molecular complexity index is 551. The predicted molar refractivity (Wildman–Crippen MR) is 89.8 cm³/mol. The van der Waals surface area contributed by atoms with E-state index >= 15 is 0 Å². The van der Waals surface area contributed by atoms with Crippen LogP contribution in [0.25, 0.3) is 0 Å². The molecule has 1 aromatic heterocycles. The Hall–Kier alpha value is -0.320. The summed E-state index contributed by atoms with van der Waals surface area (Å²) in [5.74, 6) is 0.910. The van der Waals surface area contributed by atoms with E-state index in [2.05, 4.69) is 69.3 Å². The number of aryl methyl sites for hydroxylation is 1. The Balaban J connectivity index is 2.22. The lowest BCUT2D eigenvalue weighted by Gasteiger charge is -2.13. The van der Waals surface area contributed by atoms with Gasteiger partial charge in [-0.05, 0) is 64.0 Å². The molecule has 2 aromatic rings. The van der Waals surface area contributed by atoms with Gasteiger partial charge >= 0.3 is 0 Å². The maximum absolute atomic E-state index is 5.68. The SMILES string of the molecule is CCCOc1ccc(C(Br)c2sccc2C)cc1Br. The van der Waals surface area contributed by atoms with Crippen LogP contribution in [-0.4, -0.2) is 6.61 Å². The van der Waals surface area contributed by atoms with Crippen molar-refractivity contribution in [3.05, 3.63) is 50.1 Å². The van der Waals surface area contributed by atoms with Crippen LogP contribution in [0.15, 0.2) is 34.1 Å². The van der Waals surface area contributed by atoms with Crippen LogP contribution in [0.3, 0.4) is 0 Å². The second kappa shape index (κ2) is 6.91. The summed E-state index contributed by atoms with van der Waals surface area (Å²) in [6.45, 7) is 5.00. The maximum atomic E-state index is 5.68. The standard InChI is InChI=1S/C15H16Br2OS/c1-3-7-18-13-5-4-11(9-12(13)16)14(17)15-10(2)6-8-19-15/h4-6,8-9,14H,3,7H2,1-2H3. The van der Waals surface area contributed by atoms with Gasteiger partial charge in [-0.1, -0.05) is 28.9 Å². The fourth-order valence-corrected chi connectivity index (χ4v) is 4.21. The van der Waals surface area contributed by atoms with E-state index < -0.39 is 0 Å². The third-order valence-corrected chi connectivity index (χ3v) is 5.84. The summed E-state index contributed by atoms with van der Waals surface area (Å²) in [5.41, 5.74) is 2.57. The molecule has 0 N–H and O–H groups in total. The second-order valence-electron chi connectivity index (χ2n) is 4.37. The van der Waals surface area contributed by atoms with E-state index in [1.807, 2.05) is 6.07 Å². The third-order valence-electron chi connectivity index (χ3n) is 2.84. The van der Waals surface area contributed by atoms with Crippen LogP contribution < -0.4 is 4.74 Å². The molecule has 0 amide bonds. The smallest absolute Gasteiger partial charge is 0.133 e. The zero-order chi connectivity index (χ0) is 13.8. The summed E-state index contributed by atoms with van der Waals surface area (Å²) in [5, 5.41) is 2.13. The number of benzene rings is 1. The molecule has 0 aliphatic heterocycles. The van der Waals surface area contributed by atoms with Gasteiger partial charge in [-0.2, -0.15) is 0 Å². The van der Waals surface area contributed by atoms with Gasteiger partial charge in [-0.3, -0.25) is 0 Å². The van der Waals surface area contributed by atoms with E-state index in [0.717, 1.165) is 23.2 Å². The molecule has 1 atom stereocenters. The number of thiophene rings is 1. The van der Waals surface area contributed by atoms with Crippen LogP contribution in [0.5, 0.6) is 5.75 Å². The van der Waals surface area contributed by atoms with Crippen LogP contribution in [-0.2, 0) is 0 Å². The summed E-state index contributed by atoms with van der Waals surface area (Å²) in [6, 6.07) is 8.44. The average molecular weight is 404 g/mol.